The Morgan fingerprint density at radius 1 is 1.31 bits per heavy atom. The maximum Gasteiger partial charge on any atom is 0.321 e. The van der Waals surface area contributed by atoms with Crippen LogP contribution < -0.4 is 9.61 Å². The summed E-state index contributed by atoms with van der Waals surface area (Å²) in [5, 5.41) is 0. The van der Waals surface area contributed by atoms with E-state index >= 15 is 0 Å². The molecule has 0 radical (unpaired) electrons. The fraction of sp³-hybridized carbons (Fsp3) is 0.200. The van der Waals surface area contributed by atoms with Crippen LogP contribution in [0.4, 0.5) is 0 Å². The van der Waals surface area contributed by atoms with Crippen molar-refractivity contribution in [1.82, 2.24) is 0 Å². The van der Waals surface area contributed by atoms with Gasteiger partial charge < -0.3 is 8.92 Å². The minimum absolute atomic E-state index is 0.0627. The summed E-state index contributed by atoms with van der Waals surface area (Å²) < 4.78 is 20.4. The molecule has 0 amide bonds. The average molecular weight is 242 g/mol. The minimum atomic E-state index is -1.91. The summed E-state index contributed by atoms with van der Waals surface area (Å²) in [7, 11) is 1.18. The third kappa shape index (κ3) is 3.82. The number of ether oxygens (including phenoxy) is 1. The van der Waals surface area contributed by atoms with Crippen LogP contribution in [0.15, 0.2) is 35.1 Å². The third-order valence-corrected chi connectivity index (χ3v) is 2.44. The summed E-state index contributed by atoms with van der Waals surface area (Å²) in [6.45, 7) is 0. The van der Waals surface area contributed by atoms with Gasteiger partial charge in [-0.05, 0) is 12.1 Å². The van der Waals surface area contributed by atoms with Gasteiger partial charge in [0.1, 0.15) is 0 Å². The molecule has 0 heterocycles. The first-order chi connectivity index (χ1) is 7.63. The monoisotopic (exact) mass is 242 g/mol. The van der Waals surface area contributed by atoms with Crippen LogP contribution in [0, 0.1) is 0 Å². The first-order valence-corrected chi connectivity index (χ1v) is 5.61. The second-order valence-corrected chi connectivity index (χ2v) is 3.81. The largest absolute Gasteiger partial charge is 0.468 e. The van der Waals surface area contributed by atoms with Crippen LogP contribution in [0.2, 0.25) is 0 Å². The van der Waals surface area contributed by atoms with Gasteiger partial charge in [-0.15, -0.1) is 0 Å². The molecular formula is C10H10O5S. The Labute approximate surface area is 94.7 Å². The van der Waals surface area contributed by atoms with E-state index in [4.69, 9.17) is 4.18 Å². The number of methoxy groups -OCH3 is 1. The fourth-order valence-corrected chi connectivity index (χ4v) is 1.58. The molecule has 1 aromatic rings. The van der Waals surface area contributed by atoms with Gasteiger partial charge in [-0.25, -0.2) is 4.21 Å². The smallest absolute Gasteiger partial charge is 0.321 e. The Hall–Kier alpha value is -1.69. The van der Waals surface area contributed by atoms with E-state index in [1.54, 1.807) is 18.2 Å². The zero-order valence-corrected chi connectivity index (χ0v) is 9.36. The lowest BCUT2D eigenvalue weighted by Gasteiger charge is -2.01. The van der Waals surface area contributed by atoms with Gasteiger partial charge in [-0.3, -0.25) is 9.59 Å². The van der Waals surface area contributed by atoms with E-state index in [0.29, 0.717) is 0 Å². The van der Waals surface area contributed by atoms with Gasteiger partial charge in [-0.2, -0.15) is 0 Å². The summed E-state index contributed by atoms with van der Waals surface area (Å²) in [4.78, 5) is 22.1. The van der Waals surface area contributed by atoms with Crippen molar-refractivity contribution in [1.29, 1.82) is 0 Å². The van der Waals surface area contributed by atoms with Crippen molar-refractivity contribution in [2.45, 2.75) is 0 Å². The van der Waals surface area contributed by atoms with E-state index in [9.17, 15) is 13.8 Å². The Kier molecular flexibility index (Phi) is 4.65. The SMILES string of the molecule is COC(=O)CS(=O)Oc1cccccc1=O. The molecule has 1 rings (SSSR count). The fourth-order valence-electron chi connectivity index (χ4n) is 0.868. The van der Waals surface area contributed by atoms with Gasteiger partial charge in [-0.1, -0.05) is 18.2 Å². The van der Waals surface area contributed by atoms with Gasteiger partial charge in [0.05, 0.1) is 7.11 Å². The first-order valence-electron chi connectivity index (χ1n) is 4.36. The van der Waals surface area contributed by atoms with E-state index in [0.717, 1.165) is 0 Å². The molecule has 1 aromatic carbocycles. The normalized spacial score (nSPS) is 11.6. The van der Waals surface area contributed by atoms with Crippen LogP contribution in [-0.2, 0) is 20.6 Å². The number of esters is 1. The Bertz CT molecular complexity index is 457. The van der Waals surface area contributed by atoms with Crippen molar-refractivity contribution in [2.24, 2.45) is 0 Å². The average Bonchev–Trinajstić information content (AvgIpc) is 2.44. The van der Waals surface area contributed by atoms with Crippen molar-refractivity contribution in [3.8, 4) is 5.75 Å². The summed E-state index contributed by atoms with van der Waals surface area (Å²) in [5.41, 5.74) is -0.400. The Balaban J connectivity index is 2.75. The van der Waals surface area contributed by atoms with Crippen LogP contribution >= 0.6 is 0 Å². The Morgan fingerprint density at radius 3 is 2.69 bits per heavy atom. The molecule has 6 heteroatoms. The van der Waals surface area contributed by atoms with Crippen LogP contribution in [0.5, 0.6) is 5.75 Å². The van der Waals surface area contributed by atoms with Crippen molar-refractivity contribution in [3.63, 3.8) is 0 Å². The molecule has 1 atom stereocenters. The summed E-state index contributed by atoms with van der Waals surface area (Å²) in [6, 6.07) is 7.42. The molecule has 0 saturated heterocycles. The van der Waals surface area contributed by atoms with Gasteiger partial charge in [0.15, 0.2) is 11.5 Å². The maximum atomic E-state index is 11.3. The lowest BCUT2D eigenvalue weighted by atomic mass is 10.5. The predicted octanol–water partition coefficient (Wildman–Crippen LogP) is 0.262. The van der Waals surface area contributed by atoms with Crippen molar-refractivity contribution < 1.29 is 17.9 Å². The molecule has 16 heavy (non-hydrogen) atoms. The third-order valence-electron chi connectivity index (χ3n) is 1.61. The minimum Gasteiger partial charge on any atom is -0.468 e. The molecule has 0 aliphatic heterocycles. The van der Waals surface area contributed by atoms with E-state index in [2.05, 4.69) is 4.74 Å². The lowest BCUT2D eigenvalue weighted by molar-refractivity contribution is -0.137. The Morgan fingerprint density at radius 2 is 2.00 bits per heavy atom. The molecule has 0 aromatic heterocycles. The molecular weight excluding hydrogens is 232 g/mol. The van der Waals surface area contributed by atoms with E-state index in [1.807, 2.05) is 0 Å². The lowest BCUT2D eigenvalue weighted by Crippen LogP contribution is -2.17. The number of carbonyl (C=O) groups is 1. The van der Waals surface area contributed by atoms with Crippen molar-refractivity contribution >= 4 is 17.0 Å². The molecule has 0 bridgehead atoms. The highest BCUT2D eigenvalue weighted by Crippen LogP contribution is 2.02. The number of hydrogen-bond donors (Lipinski definition) is 0. The van der Waals surface area contributed by atoms with Gasteiger partial charge in [0.2, 0.25) is 16.5 Å². The quantitative estimate of drug-likeness (QED) is 0.708. The van der Waals surface area contributed by atoms with E-state index in [1.165, 1.54) is 19.2 Å². The standard InChI is InChI=1S/C10H10O5S/c1-14-10(12)7-16(13)15-9-6-4-2-3-5-8(9)11/h2-6H,7H2,1H3. The molecule has 0 spiro atoms. The first kappa shape index (κ1) is 12.4. The van der Waals surface area contributed by atoms with Crippen molar-refractivity contribution in [2.75, 3.05) is 12.9 Å². The van der Waals surface area contributed by atoms with E-state index in [-0.39, 0.29) is 5.75 Å². The highest BCUT2D eigenvalue weighted by molar-refractivity contribution is 7.81. The van der Waals surface area contributed by atoms with Crippen LogP contribution in [-0.4, -0.2) is 23.0 Å². The summed E-state index contributed by atoms with van der Waals surface area (Å²) in [5.74, 6) is -1.13. The van der Waals surface area contributed by atoms with Crippen LogP contribution in [0.25, 0.3) is 0 Å². The van der Waals surface area contributed by atoms with Crippen LogP contribution in [0.3, 0.4) is 0 Å². The summed E-state index contributed by atoms with van der Waals surface area (Å²) in [6.07, 6.45) is 0. The number of rotatable bonds is 4. The predicted molar refractivity (Wildman–Crippen MR) is 58.4 cm³/mol. The highest BCUT2D eigenvalue weighted by atomic mass is 32.2. The summed E-state index contributed by atoms with van der Waals surface area (Å²) >= 11 is -1.91. The molecule has 0 aliphatic carbocycles. The van der Waals surface area contributed by atoms with Gasteiger partial charge >= 0.3 is 5.97 Å². The van der Waals surface area contributed by atoms with E-state index < -0.39 is 28.2 Å². The molecule has 0 N–H and O–H groups in total. The second kappa shape index (κ2) is 6.02. The zero-order valence-electron chi connectivity index (χ0n) is 8.54. The zero-order chi connectivity index (χ0) is 12.0. The molecule has 0 saturated carbocycles. The van der Waals surface area contributed by atoms with Gasteiger partial charge in [0, 0.05) is 0 Å². The molecule has 0 aliphatic rings. The van der Waals surface area contributed by atoms with Crippen LogP contribution in [0.1, 0.15) is 0 Å². The molecule has 86 valence electrons. The number of carbonyl (C=O) groups excluding carboxylic acids is 1. The topological polar surface area (TPSA) is 69.7 Å². The molecule has 1 unspecified atom stereocenters. The number of hydrogen-bond acceptors (Lipinski definition) is 5. The highest BCUT2D eigenvalue weighted by Gasteiger charge is 2.10. The molecule has 5 nitrogen and oxygen atoms in total. The second-order valence-electron chi connectivity index (χ2n) is 2.75. The maximum absolute atomic E-state index is 11.3. The van der Waals surface area contributed by atoms with Crippen molar-refractivity contribution in [3.05, 3.63) is 40.6 Å². The van der Waals surface area contributed by atoms with Gasteiger partial charge in [0.25, 0.3) is 0 Å². The molecule has 0 fully saturated rings.